The second-order valence-electron chi connectivity index (χ2n) is 9.82. The number of hydrogen-bond donors (Lipinski definition) is 4. The molecule has 4 aromatic heterocycles. The Labute approximate surface area is 237 Å². The number of H-pyrrole nitrogens is 2. The van der Waals surface area contributed by atoms with E-state index in [9.17, 15) is 4.39 Å². The molecule has 208 valence electrons. The first-order chi connectivity index (χ1) is 19.9. The van der Waals surface area contributed by atoms with Crippen molar-refractivity contribution in [3.63, 3.8) is 0 Å². The Morgan fingerprint density at radius 1 is 1.12 bits per heavy atom. The van der Waals surface area contributed by atoms with Crippen molar-refractivity contribution in [3.8, 4) is 22.8 Å². The molecule has 0 aliphatic heterocycles. The van der Waals surface area contributed by atoms with Crippen LogP contribution in [0.15, 0.2) is 67.8 Å². The summed E-state index contributed by atoms with van der Waals surface area (Å²) in [7, 11) is 1.83. The average molecular weight is 549 g/mol. The highest BCUT2D eigenvalue weighted by Gasteiger charge is 2.16. The highest BCUT2D eigenvalue weighted by Crippen LogP contribution is 2.28. The van der Waals surface area contributed by atoms with Gasteiger partial charge in [0.05, 0.1) is 28.4 Å². The van der Waals surface area contributed by atoms with Gasteiger partial charge in [0.25, 0.3) is 0 Å². The van der Waals surface area contributed by atoms with E-state index in [-0.39, 0.29) is 5.82 Å². The predicted molar refractivity (Wildman–Crippen MR) is 164 cm³/mol. The van der Waals surface area contributed by atoms with Gasteiger partial charge >= 0.3 is 0 Å². The quantitative estimate of drug-likeness (QED) is 0.189. The summed E-state index contributed by atoms with van der Waals surface area (Å²) in [6, 6.07) is 8.77. The fraction of sp³-hybridized carbons (Fsp3) is 0.188. The normalized spacial score (nSPS) is 12.3. The molecule has 0 aliphatic rings. The van der Waals surface area contributed by atoms with Crippen LogP contribution in [-0.4, -0.2) is 37.2 Å². The summed E-state index contributed by atoms with van der Waals surface area (Å²) < 4.78 is 14.5. The first-order valence-corrected chi connectivity index (χ1v) is 13.5. The third-order valence-corrected chi connectivity index (χ3v) is 6.66. The van der Waals surface area contributed by atoms with E-state index in [1.165, 1.54) is 12.1 Å². The minimum absolute atomic E-state index is 0.323. The van der Waals surface area contributed by atoms with E-state index in [1.807, 2.05) is 44.3 Å². The summed E-state index contributed by atoms with van der Waals surface area (Å²) in [5.74, 6) is 0.241. The highest BCUT2D eigenvalue weighted by molar-refractivity contribution is 5.92. The molecule has 0 spiro atoms. The number of nitrogens with one attached hydrogen (secondary N) is 4. The third-order valence-electron chi connectivity index (χ3n) is 6.66. The van der Waals surface area contributed by atoms with Crippen LogP contribution in [0.25, 0.3) is 51.5 Å². The summed E-state index contributed by atoms with van der Waals surface area (Å²) in [5, 5.41) is 15.7. The molecule has 0 atom stereocenters. The van der Waals surface area contributed by atoms with Crippen LogP contribution in [0.4, 0.5) is 10.1 Å². The van der Waals surface area contributed by atoms with Gasteiger partial charge < -0.3 is 15.6 Å². The molecule has 9 heteroatoms. The Morgan fingerprint density at radius 3 is 2.76 bits per heavy atom. The molecule has 0 fully saturated rings. The number of hydrogen-bond acceptors (Lipinski definition) is 6. The third kappa shape index (κ3) is 6.00. The van der Waals surface area contributed by atoms with Crippen LogP contribution < -0.4 is 21.2 Å². The van der Waals surface area contributed by atoms with Gasteiger partial charge in [-0.2, -0.15) is 5.10 Å². The van der Waals surface area contributed by atoms with Gasteiger partial charge in [-0.1, -0.05) is 32.6 Å². The van der Waals surface area contributed by atoms with Gasteiger partial charge in [0.1, 0.15) is 17.0 Å². The molecule has 0 bridgehead atoms. The molecule has 0 radical (unpaired) electrons. The molecule has 5 rings (SSSR count). The zero-order valence-corrected chi connectivity index (χ0v) is 23.5. The van der Waals surface area contributed by atoms with Crippen molar-refractivity contribution < 1.29 is 4.39 Å². The van der Waals surface area contributed by atoms with Crippen LogP contribution in [0.5, 0.6) is 0 Å². The van der Waals surface area contributed by atoms with Crippen molar-refractivity contribution in [1.82, 2.24) is 35.5 Å². The second-order valence-corrected chi connectivity index (χ2v) is 9.82. The summed E-state index contributed by atoms with van der Waals surface area (Å²) >= 11 is 0. The molecular weight excluding hydrogens is 515 g/mol. The Balaban J connectivity index is 1.56. The van der Waals surface area contributed by atoms with Crippen molar-refractivity contribution in [1.29, 1.82) is 0 Å². The Hall–Kier alpha value is -4.89. The number of benzene rings is 1. The van der Waals surface area contributed by atoms with Crippen LogP contribution in [0.1, 0.15) is 37.8 Å². The molecule has 4 N–H and O–H groups in total. The summed E-state index contributed by atoms with van der Waals surface area (Å²) in [6.07, 6.45) is 11.1. The van der Waals surface area contributed by atoms with E-state index in [4.69, 9.17) is 4.98 Å². The monoisotopic (exact) mass is 548 g/mol. The van der Waals surface area contributed by atoms with Crippen molar-refractivity contribution >= 4 is 34.4 Å². The maximum atomic E-state index is 14.5. The van der Waals surface area contributed by atoms with Crippen LogP contribution in [0.3, 0.4) is 0 Å². The molecule has 41 heavy (non-hydrogen) atoms. The number of anilines is 1. The largest absolute Gasteiger partial charge is 0.358 e. The number of fused-ring (bicyclic) bond motifs is 1. The smallest absolute Gasteiger partial charge is 0.159 e. The van der Waals surface area contributed by atoms with Crippen LogP contribution in [-0.2, 0) is 6.54 Å². The van der Waals surface area contributed by atoms with Crippen LogP contribution in [0.2, 0.25) is 0 Å². The zero-order chi connectivity index (χ0) is 28.9. The molecule has 1 aromatic carbocycles. The van der Waals surface area contributed by atoms with E-state index in [0.29, 0.717) is 34.8 Å². The van der Waals surface area contributed by atoms with Gasteiger partial charge in [0.2, 0.25) is 0 Å². The molecular formula is C32H33FN8. The number of aromatic amines is 2. The van der Waals surface area contributed by atoms with Crippen LogP contribution in [0, 0.1) is 5.82 Å². The molecule has 0 amide bonds. The fourth-order valence-electron chi connectivity index (χ4n) is 4.77. The Morgan fingerprint density at radius 2 is 1.98 bits per heavy atom. The van der Waals surface area contributed by atoms with Gasteiger partial charge in [0.15, 0.2) is 5.82 Å². The van der Waals surface area contributed by atoms with Crippen molar-refractivity contribution in [2.75, 3.05) is 12.4 Å². The lowest BCUT2D eigenvalue weighted by Crippen LogP contribution is -2.23. The van der Waals surface area contributed by atoms with Gasteiger partial charge in [0, 0.05) is 41.0 Å². The van der Waals surface area contributed by atoms with Crippen molar-refractivity contribution in [3.05, 3.63) is 95.3 Å². The molecule has 0 saturated carbocycles. The number of imidazole rings is 1. The second kappa shape index (κ2) is 12.1. The van der Waals surface area contributed by atoms with Crippen LogP contribution >= 0.6 is 0 Å². The number of allylic oxidation sites excluding steroid dienone is 2. The van der Waals surface area contributed by atoms with E-state index in [2.05, 4.69) is 55.9 Å². The zero-order valence-electron chi connectivity index (χ0n) is 23.5. The molecule has 0 aliphatic carbocycles. The maximum Gasteiger partial charge on any atom is 0.159 e. The van der Waals surface area contributed by atoms with E-state index >= 15 is 0 Å². The minimum Gasteiger partial charge on any atom is -0.358 e. The maximum absolute atomic E-state index is 14.5. The number of aromatic nitrogens is 6. The predicted octanol–water partition coefficient (Wildman–Crippen LogP) is 5.29. The van der Waals surface area contributed by atoms with Crippen molar-refractivity contribution in [2.24, 2.45) is 0 Å². The number of nitrogens with zero attached hydrogens (tertiary/aromatic N) is 4. The lowest BCUT2D eigenvalue weighted by molar-refractivity contribution is 0.624. The lowest BCUT2D eigenvalue weighted by Gasteiger charge is -2.09. The summed E-state index contributed by atoms with van der Waals surface area (Å²) in [5.41, 5.74) is 7.55. The van der Waals surface area contributed by atoms with E-state index < -0.39 is 0 Å². The lowest BCUT2D eigenvalue weighted by atomic mass is 10.1. The van der Waals surface area contributed by atoms with Gasteiger partial charge in [-0.25, -0.2) is 9.37 Å². The number of pyridine rings is 2. The standard InChI is InChI=1S/C32H33FN8/c1-6-8-20(4)37-25-15-23(17-35-18-25)19(3)11-26-27(7-2)40-41-30(26)32-38-28-9-10-36-29(31(28)39-32)22-12-21(16-34-5)13-24(33)14-22/h7,9-15,17-18,34,37,40H,3-4,6,8,16H2,1-2,5H3,(H,38,39)/b26-11+,27-7+. The molecule has 8 nitrogen and oxygen atoms in total. The molecule has 4 heterocycles. The minimum atomic E-state index is -0.323. The van der Waals surface area contributed by atoms with Gasteiger partial charge in [-0.15, -0.1) is 0 Å². The van der Waals surface area contributed by atoms with E-state index in [1.54, 1.807) is 18.6 Å². The fourth-order valence-corrected chi connectivity index (χ4v) is 4.77. The summed E-state index contributed by atoms with van der Waals surface area (Å²) in [4.78, 5) is 17.2. The van der Waals surface area contributed by atoms with E-state index in [0.717, 1.165) is 57.0 Å². The SMILES string of the molecule is C=C(CCC)Nc1cncc(C(=C)/C=c2/c(-c3nc4c(-c5cc(F)cc(CNC)c5)nccc4[nH]3)n[nH]/c2=C/C)c1. The first kappa shape index (κ1) is 27.7. The van der Waals surface area contributed by atoms with Gasteiger partial charge in [-0.05, 0) is 67.9 Å². The van der Waals surface area contributed by atoms with Crippen molar-refractivity contribution in [2.45, 2.75) is 33.2 Å². The molecule has 0 saturated heterocycles. The average Bonchev–Trinajstić information content (AvgIpc) is 3.56. The molecule has 0 unspecified atom stereocenters. The number of halogens is 1. The molecule has 5 aromatic rings. The first-order valence-electron chi connectivity index (χ1n) is 13.5. The summed E-state index contributed by atoms with van der Waals surface area (Å²) in [6.45, 7) is 13.0. The highest BCUT2D eigenvalue weighted by atomic mass is 19.1. The topological polar surface area (TPSA) is 107 Å². The Bertz CT molecular complexity index is 1860. The van der Waals surface area contributed by atoms with Gasteiger partial charge in [-0.3, -0.25) is 15.1 Å². The Kier molecular flexibility index (Phi) is 8.16. The number of rotatable bonds is 10.